The van der Waals surface area contributed by atoms with Crippen molar-refractivity contribution in [3.63, 3.8) is 0 Å². The number of hydrazine groups is 1. The van der Waals surface area contributed by atoms with Crippen LogP contribution in [-0.4, -0.2) is 19.9 Å². The molecule has 1 heterocycles. The summed E-state index contributed by atoms with van der Waals surface area (Å²) in [6.07, 6.45) is 8.33. The second-order valence-corrected chi connectivity index (χ2v) is 7.51. The van der Waals surface area contributed by atoms with Gasteiger partial charge in [-0.2, -0.15) is 0 Å². The van der Waals surface area contributed by atoms with Gasteiger partial charge in [0, 0.05) is 12.7 Å². The summed E-state index contributed by atoms with van der Waals surface area (Å²) < 4.78 is 26.9. The monoisotopic (exact) mass is 332 g/mol. The lowest BCUT2D eigenvalue weighted by Gasteiger charge is -2.21. The van der Waals surface area contributed by atoms with E-state index in [1.807, 2.05) is 0 Å². The van der Waals surface area contributed by atoms with Gasteiger partial charge in [0.1, 0.15) is 4.90 Å². The van der Waals surface area contributed by atoms with E-state index < -0.39 is 10.0 Å². The molecule has 1 fully saturated rings. The van der Waals surface area contributed by atoms with Crippen LogP contribution in [0, 0.1) is 5.92 Å². The SMILES string of the molecule is NNc1ncc(S(=O)(=O)NCCC2CCCCC2)cc1Cl. The van der Waals surface area contributed by atoms with Crippen molar-refractivity contribution in [3.05, 3.63) is 17.3 Å². The molecule has 0 unspecified atom stereocenters. The molecule has 0 bridgehead atoms. The molecule has 1 aliphatic carbocycles. The summed E-state index contributed by atoms with van der Waals surface area (Å²) in [4.78, 5) is 3.92. The van der Waals surface area contributed by atoms with E-state index in [9.17, 15) is 8.42 Å². The van der Waals surface area contributed by atoms with Crippen LogP contribution >= 0.6 is 11.6 Å². The smallest absolute Gasteiger partial charge is 0.242 e. The number of nitrogen functional groups attached to an aromatic ring is 1. The average Bonchev–Trinajstić information content (AvgIpc) is 2.48. The fourth-order valence-corrected chi connectivity index (χ4v) is 3.93. The third-order valence-corrected chi connectivity index (χ3v) is 5.55. The highest BCUT2D eigenvalue weighted by atomic mass is 35.5. The van der Waals surface area contributed by atoms with Gasteiger partial charge in [0.2, 0.25) is 10.0 Å². The molecular weight excluding hydrogens is 312 g/mol. The molecule has 8 heteroatoms. The highest BCUT2D eigenvalue weighted by Gasteiger charge is 2.18. The Bertz CT molecular complexity index is 574. The number of anilines is 1. The number of rotatable bonds is 6. The minimum absolute atomic E-state index is 0.0511. The second kappa shape index (κ2) is 7.40. The average molecular weight is 333 g/mol. The van der Waals surface area contributed by atoms with Gasteiger partial charge in [0.15, 0.2) is 5.82 Å². The first-order valence-corrected chi connectivity index (χ1v) is 9.01. The zero-order chi connectivity index (χ0) is 15.3. The van der Waals surface area contributed by atoms with Crippen LogP contribution in [0.4, 0.5) is 5.82 Å². The van der Waals surface area contributed by atoms with Crippen LogP contribution in [0.2, 0.25) is 5.02 Å². The number of sulfonamides is 1. The first-order valence-electron chi connectivity index (χ1n) is 7.15. The van der Waals surface area contributed by atoms with Gasteiger partial charge in [0.25, 0.3) is 0 Å². The lowest BCUT2D eigenvalue weighted by atomic mass is 9.87. The summed E-state index contributed by atoms with van der Waals surface area (Å²) in [5.41, 5.74) is 2.30. The lowest BCUT2D eigenvalue weighted by molar-refractivity contribution is 0.339. The lowest BCUT2D eigenvalue weighted by Crippen LogP contribution is -2.27. The van der Waals surface area contributed by atoms with Gasteiger partial charge < -0.3 is 5.43 Å². The van der Waals surface area contributed by atoms with Gasteiger partial charge in [-0.3, -0.25) is 0 Å². The molecule has 4 N–H and O–H groups in total. The van der Waals surface area contributed by atoms with E-state index in [0.717, 1.165) is 6.42 Å². The molecule has 1 saturated carbocycles. The molecule has 21 heavy (non-hydrogen) atoms. The maximum atomic E-state index is 12.2. The minimum Gasteiger partial charge on any atom is -0.307 e. The number of nitrogens with two attached hydrogens (primary N) is 1. The Kier molecular flexibility index (Phi) is 5.80. The molecule has 1 aromatic heterocycles. The van der Waals surface area contributed by atoms with Crippen molar-refractivity contribution in [3.8, 4) is 0 Å². The second-order valence-electron chi connectivity index (χ2n) is 5.34. The van der Waals surface area contributed by atoms with Crippen molar-refractivity contribution >= 4 is 27.4 Å². The Morgan fingerprint density at radius 1 is 1.33 bits per heavy atom. The number of nitrogens with zero attached hydrogens (tertiary/aromatic N) is 1. The van der Waals surface area contributed by atoms with Crippen molar-refractivity contribution in [1.29, 1.82) is 0 Å². The molecule has 0 radical (unpaired) electrons. The molecule has 0 atom stereocenters. The highest BCUT2D eigenvalue weighted by molar-refractivity contribution is 7.89. The van der Waals surface area contributed by atoms with Gasteiger partial charge >= 0.3 is 0 Å². The van der Waals surface area contributed by atoms with Crippen LogP contribution < -0.4 is 16.0 Å². The van der Waals surface area contributed by atoms with Gasteiger partial charge in [-0.15, -0.1) is 0 Å². The Balaban J connectivity index is 1.93. The van der Waals surface area contributed by atoms with Crippen molar-refractivity contribution < 1.29 is 8.42 Å². The number of hydrogen-bond donors (Lipinski definition) is 3. The van der Waals surface area contributed by atoms with E-state index >= 15 is 0 Å². The van der Waals surface area contributed by atoms with Crippen LogP contribution in [0.15, 0.2) is 17.2 Å². The summed E-state index contributed by atoms with van der Waals surface area (Å²) in [5, 5.41) is 0.174. The Labute approximate surface area is 130 Å². The van der Waals surface area contributed by atoms with Gasteiger partial charge in [-0.25, -0.2) is 24.0 Å². The maximum Gasteiger partial charge on any atom is 0.242 e. The predicted molar refractivity (Wildman–Crippen MR) is 83.4 cm³/mol. The third-order valence-electron chi connectivity index (χ3n) is 3.83. The van der Waals surface area contributed by atoms with E-state index in [0.29, 0.717) is 12.5 Å². The summed E-state index contributed by atoms with van der Waals surface area (Å²) in [7, 11) is -3.57. The fraction of sp³-hybridized carbons (Fsp3) is 0.615. The molecule has 0 spiro atoms. The number of aromatic nitrogens is 1. The molecule has 1 aromatic rings. The van der Waals surface area contributed by atoms with Crippen LogP contribution in [0.1, 0.15) is 38.5 Å². The number of hydrogen-bond acceptors (Lipinski definition) is 5. The van der Waals surface area contributed by atoms with Gasteiger partial charge in [0.05, 0.1) is 5.02 Å². The molecule has 0 aromatic carbocycles. The Hall–Kier alpha value is -0.890. The maximum absolute atomic E-state index is 12.2. The fourth-order valence-electron chi connectivity index (χ4n) is 2.63. The minimum atomic E-state index is -3.57. The summed E-state index contributed by atoms with van der Waals surface area (Å²) in [5.74, 6) is 6.09. The molecule has 2 rings (SSSR count). The number of halogens is 1. The quantitative estimate of drug-likeness (QED) is 0.548. The van der Waals surface area contributed by atoms with Crippen LogP contribution in [-0.2, 0) is 10.0 Å². The van der Waals surface area contributed by atoms with E-state index in [1.54, 1.807) is 0 Å². The molecule has 0 aliphatic heterocycles. The molecule has 0 saturated heterocycles. The molecule has 1 aliphatic rings. The van der Waals surface area contributed by atoms with E-state index in [1.165, 1.54) is 44.4 Å². The van der Waals surface area contributed by atoms with E-state index in [4.69, 9.17) is 17.4 Å². The van der Waals surface area contributed by atoms with Gasteiger partial charge in [-0.05, 0) is 18.4 Å². The molecule has 0 amide bonds. The number of nitrogens with one attached hydrogen (secondary N) is 2. The van der Waals surface area contributed by atoms with E-state index in [-0.39, 0.29) is 15.7 Å². The number of pyridine rings is 1. The molecule has 6 nitrogen and oxygen atoms in total. The molecule has 118 valence electrons. The summed E-state index contributed by atoms with van der Waals surface area (Å²) in [6, 6.07) is 1.34. The van der Waals surface area contributed by atoms with Crippen molar-refractivity contribution in [2.45, 2.75) is 43.4 Å². The van der Waals surface area contributed by atoms with Crippen LogP contribution in [0.25, 0.3) is 0 Å². The normalized spacial score (nSPS) is 16.9. The Morgan fingerprint density at radius 3 is 2.67 bits per heavy atom. The summed E-state index contributed by atoms with van der Waals surface area (Å²) in [6.45, 7) is 0.446. The largest absolute Gasteiger partial charge is 0.307 e. The Morgan fingerprint density at radius 2 is 2.05 bits per heavy atom. The predicted octanol–water partition coefficient (Wildman–Crippen LogP) is 2.27. The standard InChI is InChI=1S/C13H21ClN4O2S/c14-12-8-11(9-16-13(12)18-15)21(19,20)17-7-6-10-4-2-1-3-5-10/h8-10,17H,1-7,15H2,(H,16,18). The zero-order valence-corrected chi connectivity index (χ0v) is 13.4. The van der Waals surface area contributed by atoms with Crippen molar-refractivity contribution in [2.75, 3.05) is 12.0 Å². The molecular formula is C13H21ClN4O2S. The van der Waals surface area contributed by atoms with Gasteiger partial charge in [-0.1, -0.05) is 43.7 Å². The highest BCUT2D eigenvalue weighted by Crippen LogP contribution is 2.26. The van der Waals surface area contributed by atoms with E-state index in [2.05, 4.69) is 15.1 Å². The van der Waals surface area contributed by atoms with Crippen LogP contribution in [0.3, 0.4) is 0 Å². The third kappa shape index (κ3) is 4.54. The topological polar surface area (TPSA) is 97.1 Å². The van der Waals surface area contributed by atoms with Crippen molar-refractivity contribution in [2.24, 2.45) is 11.8 Å². The van der Waals surface area contributed by atoms with Crippen LogP contribution in [0.5, 0.6) is 0 Å². The zero-order valence-electron chi connectivity index (χ0n) is 11.8. The van der Waals surface area contributed by atoms with Crippen molar-refractivity contribution in [1.82, 2.24) is 9.71 Å². The summed E-state index contributed by atoms with van der Waals surface area (Å²) >= 11 is 5.89. The first-order chi connectivity index (χ1) is 10.0. The first kappa shape index (κ1) is 16.5.